The Labute approximate surface area is 136 Å². The molecule has 1 saturated carbocycles. The van der Waals surface area contributed by atoms with Crippen LogP contribution in [0.2, 0.25) is 0 Å². The lowest BCUT2D eigenvalue weighted by Gasteiger charge is -2.18. The highest BCUT2D eigenvalue weighted by Crippen LogP contribution is 2.25. The topological polar surface area (TPSA) is 118 Å². The minimum absolute atomic E-state index is 0. The van der Waals surface area contributed by atoms with Gasteiger partial charge >= 0.3 is 5.97 Å². The first-order chi connectivity index (χ1) is 10.5. The van der Waals surface area contributed by atoms with E-state index in [1.165, 1.54) is 26.2 Å². The predicted molar refractivity (Wildman–Crippen MR) is 90.0 cm³/mol. The van der Waals surface area contributed by atoms with E-state index in [0.29, 0.717) is 23.6 Å². The minimum atomic E-state index is -0.632. The first-order valence-corrected chi connectivity index (χ1v) is 7.56. The van der Waals surface area contributed by atoms with Crippen LogP contribution in [0.25, 0.3) is 0 Å². The molecule has 1 fully saturated rings. The van der Waals surface area contributed by atoms with Crippen LogP contribution in [-0.2, 0) is 9.59 Å². The van der Waals surface area contributed by atoms with Crippen molar-refractivity contribution in [2.24, 2.45) is 5.92 Å². The second kappa shape index (κ2) is 11.4. The summed E-state index contributed by atoms with van der Waals surface area (Å²) in [6.45, 7) is 1.44. The summed E-state index contributed by atoms with van der Waals surface area (Å²) in [7, 11) is 0. The van der Waals surface area contributed by atoms with Crippen LogP contribution in [0.1, 0.15) is 55.8 Å². The number of benzene rings is 1. The fraction of sp³-hybridized carbons (Fsp3) is 0.471. The van der Waals surface area contributed by atoms with Crippen LogP contribution in [0.15, 0.2) is 24.3 Å². The van der Waals surface area contributed by atoms with Gasteiger partial charge in [0.05, 0.1) is 0 Å². The SMILES string of the molecule is CC(=O)Nc1ccc(C=O)cc1.N.O=C(O)CC1CCCCC1. The fourth-order valence-corrected chi connectivity index (χ4v) is 2.49. The van der Waals surface area contributed by atoms with Crippen LogP contribution < -0.4 is 11.5 Å². The number of rotatable bonds is 4. The highest BCUT2D eigenvalue weighted by Gasteiger charge is 2.15. The Morgan fingerprint density at radius 3 is 2.17 bits per heavy atom. The van der Waals surface area contributed by atoms with Crippen LogP contribution in [0.5, 0.6) is 0 Å². The van der Waals surface area contributed by atoms with Gasteiger partial charge in [0, 0.05) is 24.6 Å². The Hall–Kier alpha value is -2.21. The molecule has 2 rings (SSSR count). The molecular formula is C17H26N2O4. The molecule has 6 heteroatoms. The van der Waals surface area contributed by atoms with Crippen molar-refractivity contribution in [3.63, 3.8) is 0 Å². The van der Waals surface area contributed by atoms with Gasteiger partial charge in [-0.25, -0.2) is 0 Å². The highest BCUT2D eigenvalue weighted by molar-refractivity contribution is 5.89. The molecule has 0 radical (unpaired) electrons. The molecule has 1 aliphatic rings. The molecule has 1 aromatic carbocycles. The first kappa shape index (κ1) is 20.8. The van der Waals surface area contributed by atoms with E-state index in [1.54, 1.807) is 24.3 Å². The van der Waals surface area contributed by atoms with Gasteiger partial charge in [0.1, 0.15) is 6.29 Å². The average molecular weight is 322 g/mol. The van der Waals surface area contributed by atoms with Gasteiger partial charge in [-0.2, -0.15) is 0 Å². The summed E-state index contributed by atoms with van der Waals surface area (Å²) in [5.74, 6) is -0.271. The van der Waals surface area contributed by atoms with Crippen molar-refractivity contribution in [1.29, 1.82) is 0 Å². The largest absolute Gasteiger partial charge is 0.481 e. The molecule has 0 unspecified atom stereocenters. The zero-order valence-corrected chi connectivity index (χ0v) is 13.6. The van der Waals surface area contributed by atoms with Crippen molar-refractivity contribution < 1.29 is 19.5 Å². The Morgan fingerprint density at radius 1 is 1.17 bits per heavy atom. The van der Waals surface area contributed by atoms with Crippen molar-refractivity contribution >= 4 is 23.9 Å². The van der Waals surface area contributed by atoms with E-state index >= 15 is 0 Å². The molecule has 1 aliphatic carbocycles. The molecule has 0 spiro atoms. The molecule has 6 nitrogen and oxygen atoms in total. The number of hydrogen-bond acceptors (Lipinski definition) is 4. The van der Waals surface area contributed by atoms with Gasteiger partial charge in [0.25, 0.3) is 0 Å². The van der Waals surface area contributed by atoms with Crippen LogP contribution >= 0.6 is 0 Å². The third kappa shape index (κ3) is 9.42. The summed E-state index contributed by atoms with van der Waals surface area (Å²) >= 11 is 0. The lowest BCUT2D eigenvalue weighted by Crippen LogP contribution is -2.10. The number of anilines is 1. The molecular weight excluding hydrogens is 296 g/mol. The molecule has 0 atom stereocenters. The van der Waals surface area contributed by atoms with E-state index in [1.807, 2.05) is 0 Å². The van der Waals surface area contributed by atoms with Crippen molar-refractivity contribution in [2.75, 3.05) is 5.32 Å². The third-order valence-electron chi connectivity index (χ3n) is 3.56. The summed E-state index contributed by atoms with van der Waals surface area (Å²) in [4.78, 5) is 31.1. The molecule has 0 saturated heterocycles. The summed E-state index contributed by atoms with van der Waals surface area (Å²) in [6, 6.07) is 6.67. The molecule has 128 valence electrons. The number of carbonyl (C=O) groups excluding carboxylic acids is 2. The minimum Gasteiger partial charge on any atom is -0.481 e. The maximum atomic E-state index is 10.6. The van der Waals surface area contributed by atoms with Crippen LogP contribution in [0.4, 0.5) is 5.69 Å². The fourth-order valence-electron chi connectivity index (χ4n) is 2.49. The van der Waals surface area contributed by atoms with E-state index in [4.69, 9.17) is 5.11 Å². The molecule has 1 amide bonds. The Balaban J connectivity index is 0.000000409. The monoisotopic (exact) mass is 322 g/mol. The summed E-state index contributed by atoms with van der Waals surface area (Å²) in [5, 5.41) is 11.1. The number of nitrogens with one attached hydrogen (secondary N) is 1. The van der Waals surface area contributed by atoms with Gasteiger partial charge in [0.2, 0.25) is 5.91 Å². The maximum Gasteiger partial charge on any atom is 0.303 e. The Kier molecular flexibility index (Phi) is 10.3. The van der Waals surface area contributed by atoms with Gasteiger partial charge in [-0.1, -0.05) is 19.3 Å². The number of hydrogen-bond donors (Lipinski definition) is 3. The lowest BCUT2D eigenvalue weighted by molar-refractivity contribution is -0.138. The van der Waals surface area contributed by atoms with Crippen molar-refractivity contribution in [1.82, 2.24) is 6.15 Å². The molecule has 0 heterocycles. The average Bonchev–Trinajstić information content (AvgIpc) is 2.48. The van der Waals surface area contributed by atoms with Crippen molar-refractivity contribution in [3.8, 4) is 0 Å². The standard InChI is InChI=1S/C9H9NO2.C8H14O2.H3N/c1-7(12)10-9-4-2-8(6-11)3-5-9;9-8(10)6-7-4-2-1-3-5-7;/h2-6H,1H3,(H,10,12);7H,1-6H2,(H,9,10);1H3. The maximum absolute atomic E-state index is 10.6. The molecule has 0 aromatic heterocycles. The zero-order chi connectivity index (χ0) is 16.4. The van der Waals surface area contributed by atoms with Gasteiger partial charge < -0.3 is 16.6 Å². The first-order valence-electron chi connectivity index (χ1n) is 7.56. The Morgan fingerprint density at radius 2 is 1.74 bits per heavy atom. The van der Waals surface area contributed by atoms with Crippen molar-refractivity contribution in [3.05, 3.63) is 29.8 Å². The third-order valence-corrected chi connectivity index (χ3v) is 3.56. The number of carboxylic acid groups (broad SMARTS) is 1. The van der Waals surface area contributed by atoms with Gasteiger partial charge in [0.15, 0.2) is 0 Å². The number of carbonyl (C=O) groups is 3. The number of aldehydes is 1. The quantitative estimate of drug-likeness (QED) is 0.731. The van der Waals surface area contributed by atoms with E-state index in [-0.39, 0.29) is 12.1 Å². The molecule has 1 aromatic rings. The number of aliphatic carboxylic acids is 1. The normalized spacial score (nSPS) is 13.8. The van der Waals surface area contributed by atoms with Gasteiger partial charge in [-0.3, -0.25) is 14.4 Å². The zero-order valence-electron chi connectivity index (χ0n) is 13.6. The molecule has 0 bridgehead atoms. The van der Waals surface area contributed by atoms with Crippen molar-refractivity contribution in [2.45, 2.75) is 45.4 Å². The highest BCUT2D eigenvalue weighted by atomic mass is 16.4. The van der Waals surface area contributed by atoms with E-state index < -0.39 is 5.97 Å². The number of carboxylic acids is 1. The predicted octanol–water partition coefficient (Wildman–Crippen LogP) is 3.66. The summed E-state index contributed by atoms with van der Waals surface area (Å²) < 4.78 is 0. The van der Waals surface area contributed by atoms with Gasteiger partial charge in [-0.05, 0) is 43.0 Å². The smallest absolute Gasteiger partial charge is 0.303 e. The molecule has 23 heavy (non-hydrogen) atoms. The second-order valence-electron chi connectivity index (χ2n) is 5.52. The lowest BCUT2D eigenvalue weighted by atomic mass is 9.87. The molecule has 0 aliphatic heterocycles. The van der Waals surface area contributed by atoms with Crippen LogP contribution in [0, 0.1) is 5.92 Å². The van der Waals surface area contributed by atoms with E-state index in [2.05, 4.69) is 5.32 Å². The number of amides is 1. The van der Waals surface area contributed by atoms with E-state index in [0.717, 1.165) is 19.1 Å². The summed E-state index contributed by atoms with van der Waals surface area (Å²) in [5.41, 5.74) is 1.30. The van der Waals surface area contributed by atoms with E-state index in [9.17, 15) is 14.4 Å². The Bertz CT molecular complexity index is 494. The van der Waals surface area contributed by atoms with Gasteiger partial charge in [-0.15, -0.1) is 0 Å². The van der Waals surface area contributed by atoms with Crippen LogP contribution in [-0.4, -0.2) is 23.3 Å². The van der Waals surface area contributed by atoms with Crippen LogP contribution in [0.3, 0.4) is 0 Å². The second-order valence-corrected chi connectivity index (χ2v) is 5.52. The summed E-state index contributed by atoms with van der Waals surface area (Å²) in [6.07, 6.45) is 7.18. The molecule has 5 N–H and O–H groups in total.